The first-order chi connectivity index (χ1) is 19.8. The van der Waals surface area contributed by atoms with Crippen LogP contribution in [-0.4, -0.2) is 31.8 Å². The average molecular weight is 589 g/mol. The molecular formula is C31H26Cl2N4O4. The summed E-state index contributed by atoms with van der Waals surface area (Å²) in [4.78, 5) is 20.7. The van der Waals surface area contributed by atoms with E-state index in [0.717, 1.165) is 68.4 Å². The summed E-state index contributed by atoms with van der Waals surface area (Å²) >= 11 is 13.0. The lowest BCUT2D eigenvalue weighted by atomic mass is 9.57. The van der Waals surface area contributed by atoms with Crippen molar-refractivity contribution >= 4 is 40.1 Å². The van der Waals surface area contributed by atoms with E-state index in [9.17, 15) is 15.2 Å². The Morgan fingerprint density at radius 2 is 1.78 bits per heavy atom. The SMILES string of the molecule is N#Cc1ccc(C(=O)O)c2ccc(C34CCC(OCc5c(-c6c(Cl)cncc6Cl)noc5C5CC5)(CC3)CC4)nc12. The predicted octanol–water partition coefficient (Wildman–Crippen LogP) is 7.60. The summed E-state index contributed by atoms with van der Waals surface area (Å²) in [6, 6.07) is 8.95. The van der Waals surface area contributed by atoms with Crippen molar-refractivity contribution in [1.29, 1.82) is 5.26 Å². The monoisotopic (exact) mass is 588 g/mol. The van der Waals surface area contributed by atoms with E-state index in [1.807, 2.05) is 12.1 Å². The largest absolute Gasteiger partial charge is 0.478 e. The molecule has 0 aliphatic heterocycles. The molecule has 4 aliphatic carbocycles. The molecule has 3 heterocycles. The van der Waals surface area contributed by atoms with Gasteiger partial charge in [-0.3, -0.25) is 9.97 Å². The Hall–Kier alpha value is -3.51. The lowest BCUT2D eigenvalue weighted by Gasteiger charge is -2.53. The van der Waals surface area contributed by atoms with Crippen LogP contribution in [0.15, 0.2) is 41.2 Å². The van der Waals surface area contributed by atoms with E-state index < -0.39 is 5.97 Å². The molecule has 0 radical (unpaired) electrons. The van der Waals surface area contributed by atoms with Gasteiger partial charge in [0.15, 0.2) is 0 Å². The first kappa shape index (κ1) is 26.4. The number of carboxylic acid groups (broad SMARTS) is 1. The summed E-state index contributed by atoms with van der Waals surface area (Å²) in [7, 11) is 0. The van der Waals surface area contributed by atoms with Crippen LogP contribution in [0.4, 0.5) is 0 Å². The summed E-state index contributed by atoms with van der Waals surface area (Å²) in [5.41, 5.74) is 3.70. The molecule has 4 aliphatic rings. The quantitative estimate of drug-likeness (QED) is 0.234. The van der Waals surface area contributed by atoms with Crippen LogP contribution in [-0.2, 0) is 16.8 Å². The van der Waals surface area contributed by atoms with Gasteiger partial charge in [-0.25, -0.2) is 4.79 Å². The first-order valence-electron chi connectivity index (χ1n) is 13.8. The molecule has 8 rings (SSSR count). The summed E-state index contributed by atoms with van der Waals surface area (Å²) in [5, 5.41) is 25.0. The molecule has 8 nitrogen and oxygen atoms in total. The standard InChI is InChI=1S/C31H26Cl2N4O4/c32-22-14-35-15-23(33)25(22)27-21(28(41-37-27)17-1-2-17)16-40-31-10-7-30(8-11-31,9-12-31)24-6-5-19-20(29(38)39)4-3-18(13-34)26(19)36-24/h3-6,14-15,17H,1-2,7-12,16H2,(H,38,39). The van der Waals surface area contributed by atoms with Crippen LogP contribution in [0.25, 0.3) is 22.2 Å². The zero-order chi connectivity index (χ0) is 28.4. The zero-order valence-corrected chi connectivity index (χ0v) is 23.6. The van der Waals surface area contributed by atoms with Gasteiger partial charge in [0.1, 0.15) is 17.5 Å². The third-order valence-corrected chi connectivity index (χ3v) is 9.88. The lowest BCUT2D eigenvalue weighted by Crippen LogP contribution is -2.50. The highest BCUT2D eigenvalue weighted by Crippen LogP contribution is 2.55. The fraction of sp³-hybridized carbons (Fsp3) is 0.387. The molecule has 4 aromatic rings. The van der Waals surface area contributed by atoms with Crippen molar-refractivity contribution in [3.63, 3.8) is 0 Å². The normalized spacial score (nSPS) is 23.5. The van der Waals surface area contributed by atoms with Gasteiger partial charge in [-0.15, -0.1) is 0 Å². The maximum atomic E-state index is 11.8. The number of halogens is 2. The van der Waals surface area contributed by atoms with E-state index in [1.165, 1.54) is 6.07 Å². The Morgan fingerprint density at radius 1 is 1.07 bits per heavy atom. The van der Waals surface area contributed by atoms with E-state index in [4.69, 9.17) is 37.4 Å². The molecule has 208 valence electrons. The van der Waals surface area contributed by atoms with Gasteiger partial charge < -0.3 is 14.4 Å². The minimum absolute atomic E-state index is 0.120. The van der Waals surface area contributed by atoms with Crippen molar-refractivity contribution < 1.29 is 19.2 Å². The van der Waals surface area contributed by atoms with Crippen LogP contribution >= 0.6 is 23.2 Å². The molecule has 0 spiro atoms. The summed E-state index contributed by atoms with van der Waals surface area (Å²) in [6.45, 7) is 0.365. The molecule has 0 atom stereocenters. The van der Waals surface area contributed by atoms with E-state index in [-0.39, 0.29) is 16.6 Å². The number of pyridine rings is 2. The smallest absolute Gasteiger partial charge is 0.336 e. The second kappa shape index (κ2) is 9.80. The fourth-order valence-corrected chi connectivity index (χ4v) is 7.27. The second-order valence-corrected chi connectivity index (χ2v) is 12.4. The summed E-state index contributed by atoms with van der Waals surface area (Å²) in [5.74, 6) is 0.172. The van der Waals surface area contributed by atoms with Gasteiger partial charge >= 0.3 is 5.97 Å². The number of nitriles is 1. The lowest BCUT2D eigenvalue weighted by molar-refractivity contribution is -0.127. The number of rotatable bonds is 7. The third-order valence-electron chi connectivity index (χ3n) is 9.31. The number of hydrogen-bond acceptors (Lipinski definition) is 7. The number of benzene rings is 1. The molecule has 1 N–H and O–H groups in total. The Balaban J connectivity index is 1.14. The number of carboxylic acids is 1. The highest BCUT2D eigenvalue weighted by atomic mass is 35.5. The number of aromatic carboxylic acids is 1. The van der Waals surface area contributed by atoms with Gasteiger partial charge in [-0.1, -0.05) is 34.4 Å². The van der Waals surface area contributed by atoms with Crippen LogP contribution in [0, 0.1) is 11.3 Å². The molecule has 10 heteroatoms. The van der Waals surface area contributed by atoms with E-state index in [0.29, 0.717) is 50.3 Å². The Morgan fingerprint density at radius 3 is 2.41 bits per heavy atom. The van der Waals surface area contributed by atoms with Crippen LogP contribution < -0.4 is 0 Å². The van der Waals surface area contributed by atoms with Crippen LogP contribution in [0.5, 0.6) is 0 Å². The molecule has 1 aromatic carbocycles. The molecule has 2 bridgehead atoms. The Kier molecular flexibility index (Phi) is 6.31. The predicted molar refractivity (Wildman–Crippen MR) is 152 cm³/mol. The van der Waals surface area contributed by atoms with Crippen molar-refractivity contribution in [1.82, 2.24) is 15.1 Å². The summed E-state index contributed by atoms with van der Waals surface area (Å²) < 4.78 is 12.6. The van der Waals surface area contributed by atoms with Crippen molar-refractivity contribution in [3.05, 3.63) is 74.8 Å². The molecule has 0 amide bonds. The van der Waals surface area contributed by atoms with Crippen LogP contribution in [0.2, 0.25) is 10.0 Å². The minimum atomic E-state index is -1.03. The zero-order valence-electron chi connectivity index (χ0n) is 22.1. The minimum Gasteiger partial charge on any atom is -0.478 e. The molecule has 0 unspecified atom stereocenters. The van der Waals surface area contributed by atoms with Crippen LogP contribution in [0.3, 0.4) is 0 Å². The third kappa shape index (κ3) is 4.39. The summed E-state index contributed by atoms with van der Waals surface area (Å²) in [6.07, 6.45) is 10.6. The number of carbonyl (C=O) groups is 1. The molecular weight excluding hydrogens is 563 g/mol. The van der Waals surface area contributed by atoms with E-state index in [1.54, 1.807) is 18.5 Å². The van der Waals surface area contributed by atoms with Crippen LogP contribution in [0.1, 0.15) is 90.2 Å². The molecule has 41 heavy (non-hydrogen) atoms. The molecule has 3 aromatic heterocycles. The Labute approximate surface area is 246 Å². The van der Waals surface area contributed by atoms with Gasteiger partial charge in [-0.2, -0.15) is 5.26 Å². The van der Waals surface area contributed by atoms with E-state index >= 15 is 0 Å². The molecule has 4 fully saturated rings. The fourth-order valence-electron chi connectivity index (χ4n) is 6.73. The van der Waals surface area contributed by atoms with Gasteiger partial charge in [0.25, 0.3) is 0 Å². The van der Waals surface area contributed by atoms with Crippen molar-refractivity contribution in [3.8, 4) is 17.3 Å². The van der Waals surface area contributed by atoms with E-state index in [2.05, 4.69) is 16.2 Å². The highest BCUT2D eigenvalue weighted by Gasteiger charge is 2.51. The highest BCUT2D eigenvalue weighted by molar-refractivity contribution is 6.38. The number of ether oxygens (including phenoxy) is 1. The topological polar surface area (TPSA) is 122 Å². The van der Waals surface area contributed by atoms with Crippen molar-refractivity contribution in [2.45, 2.75) is 74.9 Å². The number of aromatic nitrogens is 3. The molecule has 0 saturated heterocycles. The van der Waals surface area contributed by atoms with Crippen molar-refractivity contribution in [2.24, 2.45) is 0 Å². The van der Waals surface area contributed by atoms with Gasteiger partial charge in [-0.05, 0) is 69.6 Å². The average Bonchev–Trinajstić information content (AvgIpc) is 3.75. The number of nitrogens with zero attached hydrogens (tertiary/aromatic N) is 4. The first-order valence-corrected chi connectivity index (χ1v) is 14.6. The van der Waals surface area contributed by atoms with Crippen molar-refractivity contribution in [2.75, 3.05) is 0 Å². The number of fused-ring (bicyclic) bond motifs is 4. The maximum Gasteiger partial charge on any atom is 0.336 e. The second-order valence-electron chi connectivity index (χ2n) is 11.5. The maximum absolute atomic E-state index is 11.8. The Bertz CT molecular complexity index is 1710. The molecule has 4 saturated carbocycles. The number of hydrogen-bond donors (Lipinski definition) is 1. The van der Waals surface area contributed by atoms with Gasteiger partial charge in [0.2, 0.25) is 0 Å². The van der Waals surface area contributed by atoms with Gasteiger partial charge in [0, 0.05) is 45.9 Å². The van der Waals surface area contributed by atoms with Gasteiger partial charge in [0.05, 0.1) is 38.9 Å².